The lowest BCUT2D eigenvalue weighted by molar-refractivity contribution is -0.140. The van der Waals surface area contributed by atoms with Crippen LogP contribution in [-0.4, -0.2) is 32.7 Å². The number of carbonyl (C=O) groups excluding carboxylic acids is 2. The maximum absolute atomic E-state index is 12.7. The van der Waals surface area contributed by atoms with Gasteiger partial charge in [-0.1, -0.05) is 32.4 Å². The van der Waals surface area contributed by atoms with E-state index in [2.05, 4.69) is 24.5 Å². The van der Waals surface area contributed by atoms with Crippen LogP contribution in [0.3, 0.4) is 0 Å². The summed E-state index contributed by atoms with van der Waals surface area (Å²) in [6.45, 7) is 6.28. The second-order valence-electron chi connectivity index (χ2n) is 7.05. The normalized spacial score (nSPS) is 18.0. The van der Waals surface area contributed by atoms with Gasteiger partial charge in [0.05, 0.1) is 18.2 Å². The molecule has 142 valence electrons. The molecule has 1 aliphatic rings. The minimum Gasteiger partial charge on any atom is -0.462 e. The van der Waals surface area contributed by atoms with E-state index in [1.54, 1.807) is 6.92 Å². The van der Waals surface area contributed by atoms with Crippen molar-refractivity contribution in [3.05, 3.63) is 41.1 Å². The van der Waals surface area contributed by atoms with Gasteiger partial charge in [0.15, 0.2) is 0 Å². The minimum absolute atomic E-state index is 0.314. The summed E-state index contributed by atoms with van der Waals surface area (Å²) in [6, 6.07) is 6.93. The SMILES string of the molecule is CCC[C@H](C)COC(=O)C1=C(C)NC(=O)N[C@H]1c1ccc(N(C)C)cc1. The van der Waals surface area contributed by atoms with E-state index in [1.165, 1.54) is 0 Å². The quantitative estimate of drug-likeness (QED) is 0.733. The Labute approximate surface area is 155 Å². The first-order valence-electron chi connectivity index (χ1n) is 9.06. The molecule has 1 aromatic carbocycles. The van der Waals surface area contributed by atoms with Crippen molar-refractivity contribution in [2.24, 2.45) is 5.92 Å². The van der Waals surface area contributed by atoms with Gasteiger partial charge in [-0.2, -0.15) is 0 Å². The Morgan fingerprint density at radius 1 is 1.27 bits per heavy atom. The molecule has 0 saturated heterocycles. The number of benzene rings is 1. The zero-order chi connectivity index (χ0) is 19.3. The maximum Gasteiger partial charge on any atom is 0.338 e. The lowest BCUT2D eigenvalue weighted by Crippen LogP contribution is -2.45. The number of esters is 1. The van der Waals surface area contributed by atoms with E-state index in [1.807, 2.05) is 43.3 Å². The molecule has 1 aromatic rings. The molecule has 2 rings (SSSR count). The van der Waals surface area contributed by atoms with Crippen LogP contribution in [0.5, 0.6) is 0 Å². The zero-order valence-electron chi connectivity index (χ0n) is 16.3. The van der Waals surface area contributed by atoms with Gasteiger partial charge in [-0.3, -0.25) is 0 Å². The fourth-order valence-corrected chi connectivity index (χ4v) is 3.05. The fourth-order valence-electron chi connectivity index (χ4n) is 3.05. The van der Waals surface area contributed by atoms with Crippen LogP contribution in [0, 0.1) is 5.92 Å². The summed E-state index contributed by atoms with van der Waals surface area (Å²) in [4.78, 5) is 26.6. The van der Waals surface area contributed by atoms with Crippen molar-refractivity contribution in [3.8, 4) is 0 Å². The van der Waals surface area contributed by atoms with Gasteiger partial charge in [-0.05, 0) is 37.0 Å². The van der Waals surface area contributed by atoms with Crippen LogP contribution >= 0.6 is 0 Å². The molecule has 1 aliphatic heterocycles. The van der Waals surface area contributed by atoms with E-state index in [0.29, 0.717) is 23.8 Å². The molecule has 2 atom stereocenters. The second kappa shape index (κ2) is 8.74. The van der Waals surface area contributed by atoms with Crippen molar-refractivity contribution in [1.29, 1.82) is 0 Å². The molecule has 0 fully saturated rings. The van der Waals surface area contributed by atoms with Gasteiger partial charge in [-0.25, -0.2) is 9.59 Å². The third-order valence-electron chi connectivity index (χ3n) is 4.51. The Morgan fingerprint density at radius 2 is 1.92 bits per heavy atom. The first kappa shape index (κ1) is 19.8. The first-order chi connectivity index (χ1) is 12.3. The van der Waals surface area contributed by atoms with Gasteiger partial charge in [0.1, 0.15) is 0 Å². The molecule has 26 heavy (non-hydrogen) atoms. The van der Waals surface area contributed by atoms with Crippen molar-refractivity contribution in [1.82, 2.24) is 10.6 Å². The number of ether oxygens (including phenoxy) is 1. The van der Waals surface area contributed by atoms with E-state index in [9.17, 15) is 9.59 Å². The maximum atomic E-state index is 12.7. The number of allylic oxidation sites excluding steroid dienone is 1. The van der Waals surface area contributed by atoms with Gasteiger partial charge in [-0.15, -0.1) is 0 Å². The molecule has 0 saturated carbocycles. The van der Waals surface area contributed by atoms with Crippen molar-refractivity contribution >= 4 is 17.7 Å². The van der Waals surface area contributed by atoms with Crippen LogP contribution in [-0.2, 0) is 9.53 Å². The Balaban J connectivity index is 2.23. The Hall–Kier alpha value is -2.50. The molecule has 0 aromatic heterocycles. The van der Waals surface area contributed by atoms with Gasteiger partial charge in [0, 0.05) is 25.5 Å². The van der Waals surface area contributed by atoms with Crippen LogP contribution in [0.25, 0.3) is 0 Å². The summed E-state index contributed by atoms with van der Waals surface area (Å²) in [5.41, 5.74) is 2.88. The number of nitrogens with zero attached hydrogens (tertiary/aromatic N) is 1. The topological polar surface area (TPSA) is 70.7 Å². The highest BCUT2D eigenvalue weighted by Gasteiger charge is 2.32. The third kappa shape index (κ3) is 4.77. The smallest absolute Gasteiger partial charge is 0.338 e. The molecular formula is C20H29N3O3. The Kier molecular flexibility index (Phi) is 6.66. The van der Waals surface area contributed by atoms with Crippen LogP contribution < -0.4 is 15.5 Å². The van der Waals surface area contributed by atoms with Gasteiger partial charge in [0.25, 0.3) is 0 Å². The van der Waals surface area contributed by atoms with E-state index in [0.717, 1.165) is 24.1 Å². The average molecular weight is 359 g/mol. The number of nitrogens with one attached hydrogen (secondary N) is 2. The number of amides is 2. The second-order valence-corrected chi connectivity index (χ2v) is 7.05. The van der Waals surface area contributed by atoms with Gasteiger partial charge >= 0.3 is 12.0 Å². The molecular weight excluding hydrogens is 330 g/mol. The summed E-state index contributed by atoms with van der Waals surface area (Å²) in [5, 5.41) is 5.51. The van der Waals surface area contributed by atoms with Gasteiger partial charge in [0.2, 0.25) is 0 Å². The van der Waals surface area contributed by atoms with E-state index in [-0.39, 0.29) is 12.0 Å². The average Bonchev–Trinajstić information content (AvgIpc) is 2.59. The van der Waals surface area contributed by atoms with Crippen molar-refractivity contribution < 1.29 is 14.3 Å². The van der Waals surface area contributed by atoms with E-state index >= 15 is 0 Å². The molecule has 0 radical (unpaired) electrons. The van der Waals surface area contributed by atoms with Crippen molar-refractivity contribution in [2.45, 2.75) is 39.7 Å². The van der Waals surface area contributed by atoms with E-state index < -0.39 is 6.04 Å². The molecule has 6 heteroatoms. The van der Waals surface area contributed by atoms with Crippen LogP contribution in [0.1, 0.15) is 45.2 Å². The number of anilines is 1. The molecule has 2 amide bonds. The number of carbonyl (C=O) groups is 2. The summed E-state index contributed by atoms with van der Waals surface area (Å²) in [7, 11) is 3.93. The number of hydrogen-bond donors (Lipinski definition) is 2. The lowest BCUT2D eigenvalue weighted by atomic mass is 9.95. The van der Waals surface area contributed by atoms with Crippen LogP contribution in [0.15, 0.2) is 35.5 Å². The van der Waals surface area contributed by atoms with Gasteiger partial charge < -0.3 is 20.3 Å². The van der Waals surface area contributed by atoms with Crippen LogP contribution in [0.2, 0.25) is 0 Å². The largest absolute Gasteiger partial charge is 0.462 e. The first-order valence-corrected chi connectivity index (χ1v) is 9.06. The fraction of sp³-hybridized carbons (Fsp3) is 0.500. The van der Waals surface area contributed by atoms with Crippen molar-refractivity contribution in [3.63, 3.8) is 0 Å². The molecule has 0 unspecified atom stereocenters. The highest BCUT2D eigenvalue weighted by Crippen LogP contribution is 2.29. The molecule has 2 N–H and O–H groups in total. The molecule has 0 aliphatic carbocycles. The molecule has 0 bridgehead atoms. The summed E-state index contributed by atoms with van der Waals surface area (Å²) in [6.07, 6.45) is 2.06. The predicted molar refractivity (Wildman–Crippen MR) is 103 cm³/mol. The summed E-state index contributed by atoms with van der Waals surface area (Å²) < 4.78 is 5.52. The van der Waals surface area contributed by atoms with E-state index in [4.69, 9.17) is 4.74 Å². The number of rotatable bonds is 7. The monoisotopic (exact) mass is 359 g/mol. The molecule has 6 nitrogen and oxygen atoms in total. The third-order valence-corrected chi connectivity index (χ3v) is 4.51. The Morgan fingerprint density at radius 3 is 2.50 bits per heavy atom. The highest BCUT2D eigenvalue weighted by molar-refractivity contribution is 5.95. The minimum atomic E-state index is -0.519. The zero-order valence-corrected chi connectivity index (χ0v) is 16.3. The Bertz CT molecular complexity index is 680. The summed E-state index contributed by atoms with van der Waals surface area (Å²) in [5.74, 6) is -0.0755. The van der Waals surface area contributed by atoms with Crippen molar-refractivity contribution in [2.75, 3.05) is 25.6 Å². The number of urea groups is 1. The van der Waals surface area contributed by atoms with Crippen LogP contribution in [0.4, 0.5) is 10.5 Å². The molecule has 1 heterocycles. The highest BCUT2D eigenvalue weighted by atomic mass is 16.5. The lowest BCUT2D eigenvalue weighted by Gasteiger charge is -2.28. The predicted octanol–water partition coefficient (Wildman–Crippen LogP) is 3.36. The number of hydrogen-bond acceptors (Lipinski definition) is 4. The standard InChI is InChI=1S/C20H29N3O3/c1-6-7-13(2)12-26-19(24)17-14(3)21-20(25)22-18(17)15-8-10-16(11-9-15)23(4)5/h8-11,13,18H,6-7,12H2,1-5H3,(H2,21,22,25)/t13-,18-/m0/s1. The molecule has 0 spiro atoms. The summed E-state index contributed by atoms with van der Waals surface area (Å²) >= 11 is 0.